The Morgan fingerprint density at radius 3 is 2.08 bits per heavy atom. The summed E-state index contributed by atoms with van der Waals surface area (Å²) in [6.45, 7) is 4.66. The molecule has 5 nitrogen and oxygen atoms in total. The molecule has 0 spiro atoms. The van der Waals surface area contributed by atoms with Crippen LogP contribution < -0.4 is 0 Å². The molecule has 36 heavy (non-hydrogen) atoms. The Bertz CT molecular complexity index is 621. The van der Waals surface area contributed by atoms with Crippen molar-refractivity contribution in [2.45, 2.75) is 68.9 Å². The van der Waals surface area contributed by atoms with Crippen molar-refractivity contribution in [3.8, 4) is 0 Å². The van der Waals surface area contributed by atoms with Crippen molar-refractivity contribution < 1.29 is 63.2 Å². The Balaban J connectivity index is 2.43. The van der Waals surface area contributed by atoms with Gasteiger partial charge in [-0.3, -0.25) is 0 Å². The molecule has 1 heterocycles. The topological polar surface area (TPSA) is 49.5 Å². The van der Waals surface area contributed by atoms with E-state index in [-0.39, 0.29) is 37.8 Å². The Hall–Kier alpha value is -0.480. The summed E-state index contributed by atoms with van der Waals surface area (Å²) in [7, 11) is 1.54. The van der Waals surface area contributed by atoms with Gasteiger partial charge in [0.25, 0.3) is 0 Å². The van der Waals surface area contributed by atoms with Crippen molar-refractivity contribution in [1.82, 2.24) is 0 Å². The highest BCUT2D eigenvalue weighted by Crippen LogP contribution is 2.56. The molecule has 0 amide bonds. The number of ether oxygens (including phenoxy) is 5. The van der Waals surface area contributed by atoms with E-state index in [9.17, 15) is 39.5 Å². The van der Waals surface area contributed by atoms with Gasteiger partial charge >= 0.3 is 23.9 Å². The van der Waals surface area contributed by atoms with Gasteiger partial charge in [-0.05, 0) is 25.5 Å². The van der Waals surface area contributed by atoms with Crippen LogP contribution in [-0.2, 0) is 23.7 Å². The highest BCUT2D eigenvalue weighted by atomic mass is 32.2. The van der Waals surface area contributed by atoms with Gasteiger partial charge in [-0.2, -0.15) is 51.3 Å². The van der Waals surface area contributed by atoms with Gasteiger partial charge in [0.2, 0.25) is 0 Å². The number of hydrogen-bond acceptors (Lipinski definition) is 6. The van der Waals surface area contributed by atoms with E-state index in [2.05, 4.69) is 0 Å². The molecule has 0 saturated carbocycles. The van der Waals surface area contributed by atoms with E-state index >= 15 is 0 Å². The Morgan fingerprint density at radius 2 is 1.56 bits per heavy atom. The molecule has 1 saturated heterocycles. The normalized spacial score (nSPS) is 19.8. The highest BCUT2D eigenvalue weighted by molar-refractivity contribution is 7.99. The predicted octanol–water partition coefficient (Wildman–Crippen LogP) is 5.46. The Labute approximate surface area is 208 Å². The second kappa shape index (κ2) is 14.6. The van der Waals surface area contributed by atoms with Gasteiger partial charge in [-0.25, -0.2) is 0 Å². The van der Waals surface area contributed by atoms with E-state index in [1.54, 1.807) is 7.11 Å². The molecule has 0 bridgehead atoms. The summed E-state index contributed by atoms with van der Waals surface area (Å²) < 4.78 is 145. The molecule has 0 aromatic carbocycles. The van der Waals surface area contributed by atoms with E-state index < -0.39 is 48.1 Å². The molecule has 0 aromatic heterocycles. The number of methoxy groups -OCH3 is 1. The Kier molecular flexibility index (Phi) is 13.6. The summed E-state index contributed by atoms with van der Waals surface area (Å²) >= 11 is 0.742. The lowest BCUT2D eigenvalue weighted by Crippen LogP contribution is -2.63. The third-order valence-corrected chi connectivity index (χ3v) is 6.57. The first-order valence-electron chi connectivity index (χ1n) is 11.3. The summed E-state index contributed by atoms with van der Waals surface area (Å²) in [5.74, 6) is -22.0. The lowest BCUT2D eigenvalue weighted by molar-refractivity contribution is -0.402. The van der Waals surface area contributed by atoms with Crippen molar-refractivity contribution in [2.75, 3.05) is 58.3 Å². The SMILES string of the molecule is CCC(CSCCCOCC(COCC(C)OC)OCC1CO1)C(F)(F)C(F)(F)C(F)(F)C(F)(F)F. The third-order valence-electron chi connectivity index (χ3n) is 5.35. The van der Waals surface area contributed by atoms with Crippen LogP contribution in [0.1, 0.15) is 26.7 Å². The zero-order valence-electron chi connectivity index (χ0n) is 20.2. The number of thioether (sulfide) groups is 1. The van der Waals surface area contributed by atoms with Crippen molar-refractivity contribution in [3.05, 3.63) is 0 Å². The first-order chi connectivity index (χ1) is 16.6. The predicted molar refractivity (Wildman–Crippen MR) is 114 cm³/mol. The van der Waals surface area contributed by atoms with Gasteiger partial charge in [-0.15, -0.1) is 0 Å². The number of halogens is 9. The first kappa shape index (κ1) is 33.5. The van der Waals surface area contributed by atoms with Crippen LogP contribution in [0, 0.1) is 5.92 Å². The van der Waals surface area contributed by atoms with Gasteiger partial charge in [0.15, 0.2) is 0 Å². The maximum Gasteiger partial charge on any atom is 0.460 e. The molecule has 15 heteroatoms. The summed E-state index contributed by atoms with van der Waals surface area (Å²) in [5.41, 5.74) is 0. The van der Waals surface area contributed by atoms with Crippen LogP contribution in [0.3, 0.4) is 0 Å². The number of rotatable bonds is 20. The fraction of sp³-hybridized carbons (Fsp3) is 1.00. The highest BCUT2D eigenvalue weighted by Gasteiger charge is 2.82. The molecule has 1 aliphatic heterocycles. The lowest BCUT2D eigenvalue weighted by Gasteiger charge is -2.37. The molecule has 0 aromatic rings. The smallest absolute Gasteiger partial charge is 0.379 e. The first-order valence-corrected chi connectivity index (χ1v) is 12.5. The van der Waals surface area contributed by atoms with Gasteiger partial charge in [-0.1, -0.05) is 6.92 Å². The molecule has 1 rings (SSSR count). The fourth-order valence-electron chi connectivity index (χ4n) is 2.81. The van der Waals surface area contributed by atoms with Crippen LogP contribution in [0.5, 0.6) is 0 Å². The molecule has 0 N–H and O–H groups in total. The van der Waals surface area contributed by atoms with Gasteiger partial charge in [0, 0.05) is 25.4 Å². The monoisotopic (exact) mass is 568 g/mol. The van der Waals surface area contributed by atoms with E-state index in [1.165, 1.54) is 0 Å². The molecule has 216 valence electrons. The minimum absolute atomic E-state index is 0.0231. The summed E-state index contributed by atoms with van der Waals surface area (Å²) in [5, 5.41) is 0. The van der Waals surface area contributed by atoms with Gasteiger partial charge < -0.3 is 23.7 Å². The molecule has 1 aliphatic rings. The van der Waals surface area contributed by atoms with Crippen molar-refractivity contribution in [3.63, 3.8) is 0 Å². The standard InChI is InChI=1S/C21H33F9O5S/c1-4-15(18(22,23)19(24,25)20(26,27)21(28,29)30)13-36-7-5-6-32-9-16(34-11-17-12-35-17)10-33-8-14(2)31-3/h14-17H,4-13H2,1-3H3. The lowest BCUT2D eigenvalue weighted by atomic mass is 9.91. The van der Waals surface area contributed by atoms with Crippen LogP contribution in [0.4, 0.5) is 39.5 Å². The van der Waals surface area contributed by atoms with Crippen molar-refractivity contribution in [2.24, 2.45) is 5.92 Å². The van der Waals surface area contributed by atoms with Crippen LogP contribution in [-0.4, -0.2) is 101 Å². The number of alkyl halides is 9. The second-order valence-electron chi connectivity index (χ2n) is 8.37. The van der Waals surface area contributed by atoms with Gasteiger partial charge in [0.05, 0.1) is 39.1 Å². The molecule has 4 unspecified atom stereocenters. The molecular formula is C21H33F9O5S. The van der Waals surface area contributed by atoms with E-state index in [0.717, 1.165) is 18.7 Å². The van der Waals surface area contributed by atoms with Crippen LogP contribution in [0.15, 0.2) is 0 Å². The molecular weight excluding hydrogens is 535 g/mol. The molecule has 1 fully saturated rings. The third kappa shape index (κ3) is 9.68. The minimum Gasteiger partial charge on any atom is -0.379 e. The summed E-state index contributed by atoms with van der Waals surface area (Å²) in [6, 6.07) is 0. The average Bonchev–Trinajstić information content (AvgIpc) is 3.61. The average molecular weight is 569 g/mol. The van der Waals surface area contributed by atoms with Gasteiger partial charge in [0.1, 0.15) is 12.2 Å². The zero-order chi connectivity index (χ0) is 27.6. The van der Waals surface area contributed by atoms with Crippen molar-refractivity contribution in [1.29, 1.82) is 0 Å². The van der Waals surface area contributed by atoms with Crippen molar-refractivity contribution >= 4 is 11.8 Å². The van der Waals surface area contributed by atoms with E-state index in [0.29, 0.717) is 26.2 Å². The number of hydrogen-bond donors (Lipinski definition) is 0. The quantitative estimate of drug-likeness (QED) is 0.111. The summed E-state index contributed by atoms with van der Waals surface area (Å²) in [6.07, 6.45) is -7.74. The van der Waals surface area contributed by atoms with Crippen LogP contribution >= 0.6 is 11.8 Å². The van der Waals surface area contributed by atoms with E-state index in [1.807, 2.05) is 6.92 Å². The second-order valence-corrected chi connectivity index (χ2v) is 9.52. The molecule has 0 radical (unpaired) electrons. The maximum absolute atomic E-state index is 14.1. The Morgan fingerprint density at radius 1 is 0.944 bits per heavy atom. The maximum atomic E-state index is 14.1. The van der Waals surface area contributed by atoms with Crippen LogP contribution in [0.2, 0.25) is 0 Å². The summed E-state index contributed by atoms with van der Waals surface area (Å²) in [4.78, 5) is 0. The largest absolute Gasteiger partial charge is 0.460 e. The fourth-order valence-corrected chi connectivity index (χ4v) is 4.03. The molecule has 0 aliphatic carbocycles. The zero-order valence-corrected chi connectivity index (χ0v) is 21.0. The van der Waals surface area contributed by atoms with E-state index in [4.69, 9.17) is 23.7 Å². The molecule has 4 atom stereocenters. The van der Waals surface area contributed by atoms with Crippen LogP contribution in [0.25, 0.3) is 0 Å². The minimum atomic E-state index is -6.87. The number of epoxide rings is 1.